The molecule has 0 aromatic heterocycles. The van der Waals surface area contributed by atoms with Crippen molar-refractivity contribution in [2.45, 2.75) is 82.6 Å². The number of carbonyl (C=O) groups excluding carboxylic acids is 4. The van der Waals surface area contributed by atoms with Crippen molar-refractivity contribution < 1.29 is 34.2 Å². The molecular weight excluding hydrogens is 692 g/mol. The van der Waals surface area contributed by atoms with E-state index in [1.54, 1.807) is 66.7 Å². The van der Waals surface area contributed by atoms with E-state index in [0.717, 1.165) is 5.56 Å². The van der Waals surface area contributed by atoms with Gasteiger partial charge in [-0.25, -0.2) is 4.79 Å². The molecule has 15 heteroatoms. The number of aliphatic imine (C=N–C) groups is 1. The average Bonchev–Trinajstić information content (AvgIpc) is 3.13. The fourth-order valence-corrected chi connectivity index (χ4v) is 5.67. The largest absolute Gasteiger partial charge is 0.508 e. The lowest BCUT2D eigenvalue weighted by molar-refractivity contribution is -0.142. The lowest BCUT2D eigenvalue weighted by atomic mass is 10.0. The molecule has 0 spiro atoms. The Hall–Kier alpha value is -5.96. The Labute approximate surface area is 315 Å². The van der Waals surface area contributed by atoms with Gasteiger partial charge in [-0.2, -0.15) is 0 Å². The maximum atomic E-state index is 14.1. The van der Waals surface area contributed by atoms with Crippen LogP contribution in [0.15, 0.2) is 89.9 Å². The number of hydrogen-bond donors (Lipinski definition) is 9. The van der Waals surface area contributed by atoms with Crippen LogP contribution in [0.5, 0.6) is 5.75 Å². The molecule has 12 N–H and O–H groups in total. The quantitative estimate of drug-likeness (QED) is 0.0422. The van der Waals surface area contributed by atoms with E-state index in [1.165, 1.54) is 12.1 Å². The summed E-state index contributed by atoms with van der Waals surface area (Å²) in [6.07, 6.45) is 0.676. The Morgan fingerprint density at radius 2 is 1.06 bits per heavy atom. The summed E-state index contributed by atoms with van der Waals surface area (Å²) < 4.78 is 0. The monoisotopic (exact) mass is 744 g/mol. The van der Waals surface area contributed by atoms with E-state index >= 15 is 0 Å². The highest BCUT2D eigenvalue weighted by atomic mass is 16.4. The van der Waals surface area contributed by atoms with Crippen LogP contribution in [0.2, 0.25) is 0 Å². The van der Waals surface area contributed by atoms with E-state index in [0.29, 0.717) is 17.5 Å². The molecule has 0 aliphatic carbocycles. The third-order valence-electron chi connectivity index (χ3n) is 8.46. The summed E-state index contributed by atoms with van der Waals surface area (Å²) in [7, 11) is 0. The Morgan fingerprint density at radius 1 is 0.630 bits per heavy atom. The first-order chi connectivity index (χ1) is 25.7. The molecule has 0 saturated heterocycles. The van der Waals surface area contributed by atoms with Crippen molar-refractivity contribution in [2.24, 2.45) is 28.1 Å². The van der Waals surface area contributed by atoms with Crippen LogP contribution in [-0.2, 0) is 43.2 Å². The first-order valence-corrected chi connectivity index (χ1v) is 17.8. The lowest BCUT2D eigenvalue weighted by Gasteiger charge is -2.27. The SMILES string of the molecule is CC(C)C[C@H](N)C(=O)N[C@@H](Cc1ccccc1)C(=O)N[C@@H](CCCN=C(N)N)C(=O)N[C@@H](Cc1ccc(O)cc1)C(=O)N[C@@H](Cc1ccccc1)C(=O)O. The minimum atomic E-state index is -1.32. The van der Waals surface area contributed by atoms with Crippen molar-refractivity contribution in [1.29, 1.82) is 0 Å². The number of carbonyl (C=O) groups is 5. The number of phenolic OH excluding ortho intramolecular Hbond substituents is 1. The number of nitrogens with zero attached hydrogens (tertiary/aromatic N) is 1. The van der Waals surface area contributed by atoms with Crippen LogP contribution in [0.4, 0.5) is 0 Å². The highest BCUT2D eigenvalue weighted by molar-refractivity contribution is 5.95. The van der Waals surface area contributed by atoms with E-state index in [-0.39, 0.29) is 56.3 Å². The van der Waals surface area contributed by atoms with Gasteiger partial charge in [-0.1, -0.05) is 86.6 Å². The fourth-order valence-electron chi connectivity index (χ4n) is 5.67. The summed E-state index contributed by atoms with van der Waals surface area (Å²) in [6, 6.07) is 17.9. The summed E-state index contributed by atoms with van der Waals surface area (Å²) in [4.78, 5) is 71.1. The smallest absolute Gasteiger partial charge is 0.326 e. The van der Waals surface area contributed by atoms with Gasteiger partial charge in [0.05, 0.1) is 6.04 Å². The number of nitrogens with one attached hydrogen (secondary N) is 4. The van der Waals surface area contributed by atoms with Gasteiger partial charge >= 0.3 is 5.97 Å². The number of nitrogens with two attached hydrogens (primary N) is 3. The normalized spacial score (nSPS) is 13.7. The average molecular weight is 745 g/mol. The molecule has 0 fully saturated rings. The zero-order valence-corrected chi connectivity index (χ0v) is 30.6. The standard InChI is InChI=1S/C39H52N8O7/c1-24(2)20-29(40)34(49)45-31(21-25-10-5-3-6-11-25)36(51)44-30(14-9-19-43-39(41)42)35(50)46-32(22-27-15-17-28(48)18-16-27)37(52)47-33(38(53)54)23-26-12-7-4-8-13-26/h3-8,10-13,15-18,24,29-33,48H,9,14,19-23,40H2,1-2H3,(H,44,51)(H,45,49)(H,46,50)(H,47,52)(H,53,54)(H4,41,42,43)/t29-,30-,31-,32-,33-/m0/s1. The van der Waals surface area contributed by atoms with E-state index in [4.69, 9.17) is 17.2 Å². The van der Waals surface area contributed by atoms with Crippen molar-refractivity contribution in [2.75, 3.05) is 6.54 Å². The number of phenols is 1. The number of guanidine groups is 1. The number of carboxylic acid groups (broad SMARTS) is 1. The number of amides is 4. The molecule has 5 atom stereocenters. The van der Waals surface area contributed by atoms with Gasteiger partial charge < -0.3 is 48.7 Å². The third-order valence-corrected chi connectivity index (χ3v) is 8.46. The van der Waals surface area contributed by atoms with Gasteiger partial charge in [-0.15, -0.1) is 0 Å². The second-order valence-electron chi connectivity index (χ2n) is 13.5. The van der Waals surface area contributed by atoms with Crippen LogP contribution in [0.25, 0.3) is 0 Å². The van der Waals surface area contributed by atoms with Crippen molar-refractivity contribution >= 4 is 35.6 Å². The van der Waals surface area contributed by atoms with Crippen molar-refractivity contribution in [1.82, 2.24) is 21.3 Å². The van der Waals surface area contributed by atoms with Crippen molar-refractivity contribution in [3.8, 4) is 5.75 Å². The summed E-state index contributed by atoms with van der Waals surface area (Å²) in [5.74, 6) is -4.03. The lowest BCUT2D eigenvalue weighted by Crippen LogP contribution is -2.59. The van der Waals surface area contributed by atoms with Gasteiger partial charge in [-0.05, 0) is 54.0 Å². The zero-order chi connectivity index (χ0) is 39.6. The number of carboxylic acids is 1. The van der Waals surface area contributed by atoms with Crippen LogP contribution in [0, 0.1) is 5.92 Å². The molecule has 3 rings (SSSR count). The van der Waals surface area contributed by atoms with E-state index in [2.05, 4.69) is 26.3 Å². The molecule has 290 valence electrons. The van der Waals surface area contributed by atoms with Crippen molar-refractivity contribution in [3.63, 3.8) is 0 Å². The fraction of sp³-hybridized carbons (Fsp3) is 0.385. The number of aromatic hydroxyl groups is 1. The highest BCUT2D eigenvalue weighted by Gasteiger charge is 2.32. The Bertz CT molecular complexity index is 1700. The second-order valence-corrected chi connectivity index (χ2v) is 13.5. The predicted octanol–water partition coefficient (Wildman–Crippen LogP) is 0.871. The van der Waals surface area contributed by atoms with Gasteiger partial charge in [0.2, 0.25) is 23.6 Å². The molecule has 0 radical (unpaired) electrons. The number of hydrogen-bond acceptors (Lipinski definition) is 8. The van der Waals surface area contributed by atoms with Gasteiger partial charge in [-0.3, -0.25) is 24.2 Å². The van der Waals surface area contributed by atoms with Gasteiger partial charge in [0.15, 0.2) is 5.96 Å². The molecule has 0 aliphatic heterocycles. The maximum Gasteiger partial charge on any atom is 0.326 e. The molecule has 54 heavy (non-hydrogen) atoms. The molecular formula is C39H52N8O7. The molecule has 0 saturated carbocycles. The summed E-state index contributed by atoms with van der Waals surface area (Å²) in [6.45, 7) is 3.98. The first-order valence-electron chi connectivity index (χ1n) is 17.8. The summed E-state index contributed by atoms with van der Waals surface area (Å²) >= 11 is 0. The minimum absolute atomic E-state index is 0.0107. The first kappa shape index (κ1) is 42.5. The molecule has 0 bridgehead atoms. The molecule has 3 aromatic carbocycles. The molecule has 0 unspecified atom stereocenters. The number of aliphatic carboxylic acids is 1. The van der Waals surface area contributed by atoms with Gasteiger partial charge in [0.1, 0.15) is 29.9 Å². The van der Waals surface area contributed by atoms with E-state index in [1.807, 2.05) is 19.9 Å². The summed E-state index contributed by atoms with van der Waals surface area (Å²) in [5, 5.41) is 30.5. The zero-order valence-electron chi connectivity index (χ0n) is 30.6. The van der Waals surface area contributed by atoms with Crippen LogP contribution in [0.3, 0.4) is 0 Å². The summed E-state index contributed by atoms with van der Waals surface area (Å²) in [5.41, 5.74) is 19.1. The highest BCUT2D eigenvalue weighted by Crippen LogP contribution is 2.13. The van der Waals surface area contributed by atoms with E-state index < -0.39 is 59.8 Å². The van der Waals surface area contributed by atoms with Crippen LogP contribution in [0.1, 0.15) is 49.8 Å². The van der Waals surface area contributed by atoms with Crippen LogP contribution in [-0.4, -0.2) is 82.5 Å². The van der Waals surface area contributed by atoms with Gasteiger partial charge in [0.25, 0.3) is 0 Å². The van der Waals surface area contributed by atoms with E-state index in [9.17, 15) is 34.2 Å². The molecule has 0 heterocycles. The second kappa shape index (κ2) is 21.5. The number of rotatable bonds is 21. The molecule has 3 aromatic rings. The maximum absolute atomic E-state index is 14.1. The Kier molecular flexibility index (Phi) is 16.9. The van der Waals surface area contributed by atoms with Gasteiger partial charge in [0, 0.05) is 25.8 Å². The van der Waals surface area contributed by atoms with Crippen LogP contribution < -0.4 is 38.5 Å². The Balaban J connectivity index is 1.90. The molecule has 4 amide bonds. The minimum Gasteiger partial charge on any atom is -0.508 e. The number of benzene rings is 3. The third kappa shape index (κ3) is 14.9. The predicted molar refractivity (Wildman–Crippen MR) is 205 cm³/mol. The molecule has 15 nitrogen and oxygen atoms in total. The van der Waals surface area contributed by atoms with Crippen molar-refractivity contribution in [3.05, 3.63) is 102 Å². The van der Waals surface area contributed by atoms with Crippen LogP contribution >= 0.6 is 0 Å². The topological polar surface area (TPSA) is 264 Å². The Morgan fingerprint density at radius 3 is 1.54 bits per heavy atom. The molecule has 0 aliphatic rings.